The Morgan fingerprint density at radius 1 is 1.25 bits per heavy atom. The van der Waals surface area contributed by atoms with E-state index in [0.717, 1.165) is 23.7 Å². The minimum Gasteiger partial charge on any atom is -0.497 e. The highest BCUT2D eigenvalue weighted by Crippen LogP contribution is 2.15. The molecule has 0 radical (unpaired) electrons. The molecule has 5 heteroatoms. The number of nitrogens with one attached hydrogen (secondary N) is 2. The molecule has 5 nitrogen and oxygen atoms in total. The van der Waals surface area contributed by atoms with Gasteiger partial charge in [-0.15, -0.1) is 0 Å². The lowest BCUT2D eigenvalue weighted by Crippen LogP contribution is -2.20. The molecule has 0 fully saturated rings. The molecule has 106 valence electrons. The van der Waals surface area contributed by atoms with Crippen LogP contribution in [0.4, 0.5) is 5.69 Å². The van der Waals surface area contributed by atoms with Crippen molar-refractivity contribution in [2.45, 2.75) is 13.1 Å². The van der Waals surface area contributed by atoms with E-state index in [1.165, 1.54) is 0 Å². The van der Waals surface area contributed by atoms with Gasteiger partial charge in [-0.1, -0.05) is 0 Å². The Bertz CT molecular complexity index is 561. The number of ether oxygens (including phenoxy) is 1. The van der Waals surface area contributed by atoms with Gasteiger partial charge in [0.05, 0.1) is 7.11 Å². The Kier molecular flexibility index (Phi) is 4.79. The lowest BCUT2D eigenvalue weighted by molar-refractivity contribution is -0.116. The van der Waals surface area contributed by atoms with Crippen LogP contribution in [0.15, 0.2) is 42.6 Å². The largest absolute Gasteiger partial charge is 0.497 e. The third-order valence-corrected chi connectivity index (χ3v) is 2.97. The summed E-state index contributed by atoms with van der Waals surface area (Å²) >= 11 is 0. The number of rotatable bonds is 6. The maximum Gasteiger partial charge on any atom is 0.244 e. The Balaban J connectivity index is 1.95. The lowest BCUT2D eigenvalue weighted by atomic mass is 10.3. The van der Waals surface area contributed by atoms with Gasteiger partial charge >= 0.3 is 0 Å². The van der Waals surface area contributed by atoms with Gasteiger partial charge < -0.3 is 19.9 Å². The molecule has 0 aliphatic carbocycles. The van der Waals surface area contributed by atoms with Crippen LogP contribution in [0, 0.1) is 0 Å². The molecule has 0 atom stereocenters. The first-order chi connectivity index (χ1) is 9.72. The molecule has 0 spiro atoms. The van der Waals surface area contributed by atoms with E-state index in [9.17, 15) is 4.79 Å². The minimum atomic E-state index is -0.0521. The highest BCUT2D eigenvalue weighted by molar-refractivity contribution is 5.90. The molecule has 1 amide bonds. The van der Waals surface area contributed by atoms with Crippen molar-refractivity contribution in [3.8, 4) is 5.75 Å². The van der Waals surface area contributed by atoms with Gasteiger partial charge in [-0.2, -0.15) is 0 Å². The van der Waals surface area contributed by atoms with Crippen LogP contribution in [0.5, 0.6) is 5.75 Å². The number of carbonyl (C=O) groups excluding carboxylic acids is 1. The number of carbonyl (C=O) groups is 1. The predicted octanol–water partition coefficient (Wildman–Crippen LogP) is 1.85. The summed E-state index contributed by atoms with van der Waals surface area (Å²) in [7, 11) is 3.50. The zero-order chi connectivity index (χ0) is 14.4. The zero-order valence-corrected chi connectivity index (χ0v) is 11.7. The van der Waals surface area contributed by atoms with Crippen LogP contribution in [-0.2, 0) is 17.9 Å². The van der Waals surface area contributed by atoms with Gasteiger partial charge in [-0.05, 0) is 43.4 Å². The summed E-state index contributed by atoms with van der Waals surface area (Å²) < 4.78 is 7.00. The van der Waals surface area contributed by atoms with Crippen molar-refractivity contribution in [1.82, 2.24) is 9.88 Å². The monoisotopic (exact) mass is 273 g/mol. The Hall–Kier alpha value is -2.27. The molecule has 2 N–H and O–H groups in total. The smallest absolute Gasteiger partial charge is 0.244 e. The fourth-order valence-corrected chi connectivity index (χ4v) is 1.97. The summed E-state index contributed by atoms with van der Waals surface area (Å²) in [5.41, 5.74) is 1.84. The third-order valence-electron chi connectivity index (χ3n) is 2.97. The lowest BCUT2D eigenvalue weighted by Gasteiger charge is -2.10. The molecular formula is C15H19N3O2. The quantitative estimate of drug-likeness (QED) is 0.844. The summed E-state index contributed by atoms with van der Waals surface area (Å²) in [6.07, 6.45) is 1.90. The highest BCUT2D eigenvalue weighted by Gasteiger charge is 2.06. The van der Waals surface area contributed by atoms with Gasteiger partial charge in [0.25, 0.3) is 0 Å². The average molecular weight is 273 g/mol. The molecule has 2 aromatic rings. The van der Waals surface area contributed by atoms with Gasteiger partial charge in [0, 0.05) is 24.1 Å². The zero-order valence-electron chi connectivity index (χ0n) is 11.7. The van der Waals surface area contributed by atoms with Crippen LogP contribution >= 0.6 is 0 Å². The van der Waals surface area contributed by atoms with Gasteiger partial charge in [0.1, 0.15) is 12.3 Å². The van der Waals surface area contributed by atoms with E-state index in [1.54, 1.807) is 7.11 Å². The Morgan fingerprint density at radius 3 is 2.65 bits per heavy atom. The van der Waals surface area contributed by atoms with Crippen molar-refractivity contribution < 1.29 is 9.53 Å². The van der Waals surface area contributed by atoms with E-state index in [2.05, 4.69) is 10.6 Å². The first-order valence-corrected chi connectivity index (χ1v) is 6.45. The molecule has 1 aromatic heterocycles. The Morgan fingerprint density at radius 2 is 2.00 bits per heavy atom. The maximum atomic E-state index is 12.0. The minimum absolute atomic E-state index is 0.0521. The summed E-state index contributed by atoms with van der Waals surface area (Å²) in [6, 6.07) is 11.2. The number of methoxy groups -OCH3 is 1. The Labute approximate surface area is 118 Å². The maximum absolute atomic E-state index is 12.0. The molecule has 0 unspecified atom stereocenters. The molecule has 1 heterocycles. The summed E-state index contributed by atoms with van der Waals surface area (Å²) in [5, 5.41) is 5.94. The van der Waals surface area contributed by atoms with Crippen LogP contribution in [0.25, 0.3) is 0 Å². The number of hydrogen-bond acceptors (Lipinski definition) is 3. The number of nitrogens with zero attached hydrogens (tertiary/aromatic N) is 1. The third kappa shape index (κ3) is 3.61. The molecule has 0 saturated carbocycles. The molecule has 2 rings (SSSR count). The standard InChI is InChI=1S/C15H19N3O2/c1-16-10-13-4-3-9-18(13)11-15(19)17-12-5-7-14(20-2)8-6-12/h3-9,16H,10-11H2,1-2H3,(H,17,19). The van der Waals surface area contributed by atoms with Crippen LogP contribution in [0.3, 0.4) is 0 Å². The van der Waals surface area contributed by atoms with Crippen LogP contribution < -0.4 is 15.4 Å². The van der Waals surface area contributed by atoms with E-state index >= 15 is 0 Å². The molecule has 0 bridgehead atoms. The summed E-state index contributed by atoms with van der Waals surface area (Å²) in [4.78, 5) is 12.0. The molecule has 0 aliphatic heterocycles. The van der Waals surface area contributed by atoms with Crippen molar-refractivity contribution in [1.29, 1.82) is 0 Å². The van der Waals surface area contributed by atoms with E-state index in [4.69, 9.17) is 4.74 Å². The molecule has 0 aliphatic rings. The number of benzene rings is 1. The summed E-state index contributed by atoms with van der Waals surface area (Å²) in [6.45, 7) is 1.04. The average Bonchev–Trinajstić information content (AvgIpc) is 2.87. The van der Waals surface area contributed by atoms with Crippen molar-refractivity contribution in [3.63, 3.8) is 0 Å². The molecule has 0 saturated heterocycles. The van der Waals surface area contributed by atoms with E-state index < -0.39 is 0 Å². The fraction of sp³-hybridized carbons (Fsp3) is 0.267. The van der Waals surface area contributed by atoms with Gasteiger partial charge in [-0.3, -0.25) is 4.79 Å². The molecule has 20 heavy (non-hydrogen) atoms. The second kappa shape index (κ2) is 6.77. The number of anilines is 1. The molecular weight excluding hydrogens is 254 g/mol. The van der Waals surface area contributed by atoms with Gasteiger partial charge in [0.15, 0.2) is 0 Å². The van der Waals surface area contributed by atoms with E-state index in [0.29, 0.717) is 6.54 Å². The van der Waals surface area contributed by atoms with Crippen molar-refractivity contribution in [3.05, 3.63) is 48.3 Å². The van der Waals surface area contributed by atoms with Crippen LogP contribution in [-0.4, -0.2) is 24.6 Å². The predicted molar refractivity (Wildman–Crippen MR) is 78.8 cm³/mol. The normalized spacial score (nSPS) is 10.3. The van der Waals surface area contributed by atoms with Crippen molar-refractivity contribution in [2.75, 3.05) is 19.5 Å². The van der Waals surface area contributed by atoms with Crippen molar-refractivity contribution in [2.24, 2.45) is 0 Å². The highest BCUT2D eigenvalue weighted by atomic mass is 16.5. The summed E-state index contributed by atoms with van der Waals surface area (Å²) in [5.74, 6) is 0.716. The second-order valence-corrected chi connectivity index (χ2v) is 4.43. The SMILES string of the molecule is CNCc1cccn1CC(=O)Nc1ccc(OC)cc1. The number of hydrogen-bond donors (Lipinski definition) is 2. The molecule has 1 aromatic carbocycles. The number of amides is 1. The van der Waals surface area contributed by atoms with Crippen molar-refractivity contribution >= 4 is 11.6 Å². The van der Waals surface area contributed by atoms with E-state index in [1.807, 2.05) is 54.2 Å². The first-order valence-electron chi connectivity index (χ1n) is 6.45. The van der Waals surface area contributed by atoms with Gasteiger partial charge in [-0.25, -0.2) is 0 Å². The van der Waals surface area contributed by atoms with Crippen LogP contribution in [0.2, 0.25) is 0 Å². The fourth-order valence-electron chi connectivity index (χ4n) is 1.97. The van der Waals surface area contributed by atoms with Crippen LogP contribution in [0.1, 0.15) is 5.69 Å². The number of aromatic nitrogens is 1. The second-order valence-electron chi connectivity index (χ2n) is 4.43. The van der Waals surface area contributed by atoms with Gasteiger partial charge in [0.2, 0.25) is 5.91 Å². The topological polar surface area (TPSA) is 55.3 Å². The van der Waals surface area contributed by atoms with E-state index in [-0.39, 0.29) is 5.91 Å². The first kappa shape index (κ1) is 14.1.